The fourth-order valence-corrected chi connectivity index (χ4v) is 1.77. The summed E-state index contributed by atoms with van der Waals surface area (Å²) in [5.74, 6) is -0.319. The molecular formula is C9H14O2. The molecule has 0 spiro atoms. The van der Waals surface area contributed by atoms with Crippen LogP contribution >= 0.6 is 0 Å². The van der Waals surface area contributed by atoms with Gasteiger partial charge >= 0.3 is 0 Å². The van der Waals surface area contributed by atoms with Crippen LogP contribution in [0.2, 0.25) is 0 Å². The van der Waals surface area contributed by atoms with Gasteiger partial charge in [0.05, 0.1) is 6.10 Å². The van der Waals surface area contributed by atoms with Crippen molar-refractivity contribution in [2.24, 2.45) is 0 Å². The second-order valence-electron chi connectivity index (χ2n) is 3.41. The van der Waals surface area contributed by atoms with Gasteiger partial charge in [0.2, 0.25) is 0 Å². The molecule has 0 amide bonds. The van der Waals surface area contributed by atoms with Crippen LogP contribution in [0.25, 0.3) is 0 Å². The van der Waals surface area contributed by atoms with Crippen molar-refractivity contribution in [1.82, 2.24) is 0 Å². The third kappa shape index (κ3) is 1.10. The Kier molecular flexibility index (Phi) is 1.55. The average molecular weight is 154 g/mol. The van der Waals surface area contributed by atoms with Gasteiger partial charge in [0.15, 0.2) is 5.79 Å². The number of ether oxygens (including phenoxy) is 2. The zero-order valence-corrected chi connectivity index (χ0v) is 7.04. The molecule has 0 aromatic heterocycles. The molecular weight excluding hydrogens is 140 g/mol. The highest BCUT2D eigenvalue weighted by Crippen LogP contribution is 2.36. The molecule has 0 aromatic rings. The van der Waals surface area contributed by atoms with E-state index in [1.807, 2.05) is 6.92 Å². The van der Waals surface area contributed by atoms with E-state index in [-0.39, 0.29) is 18.0 Å². The van der Waals surface area contributed by atoms with Crippen LogP contribution in [0.15, 0.2) is 12.2 Å². The summed E-state index contributed by atoms with van der Waals surface area (Å²) < 4.78 is 11.4. The Labute approximate surface area is 67.2 Å². The lowest BCUT2D eigenvalue weighted by Crippen LogP contribution is -2.27. The fourth-order valence-electron chi connectivity index (χ4n) is 1.77. The second-order valence-corrected chi connectivity index (χ2v) is 3.41. The standard InChI is InChI=1S/C9H14O2/c1-3-7-8-5-4-6-9(2,10-7)11-8/h4-5,7-8H,3,6H2,1-2H3/t7-,8-,9+/m1/s1. The van der Waals surface area contributed by atoms with Crippen molar-refractivity contribution >= 4 is 0 Å². The van der Waals surface area contributed by atoms with Gasteiger partial charge in [-0.1, -0.05) is 19.1 Å². The summed E-state index contributed by atoms with van der Waals surface area (Å²) in [6.45, 7) is 4.14. The molecule has 2 nitrogen and oxygen atoms in total. The lowest BCUT2D eigenvalue weighted by atomic mass is 10.1. The van der Waals surface area contributed by atoms with Crippen LogP contribution in [-0.4, -0.2) is 18.0 Å². The first-order chi connectivity index (χ1) is 5.23. The lowest BCUT2D eigenvalue weighted by molar-refractivity contribution is -0.158. The Hall–Kier alpha value is -0.340. The van der Waals surface area contributed by atoms with E-state index in [0.29, 0.717) is 0 Å². The van der Waals surface area contributed by atoms with Crippen LogP contribution in [0, 0.1) is 0 Å². The molecule has 11 heavy (non-hydrogen) atoms. The number of hydrogen-bond acceptors (Lipinski definition) is 2. The van der Waals surface area contributed by atoms with Crippen molar-refractivity contribution in [3.8, 4) is 0 Å². The third-order valence-electron chi connectivity index (χ3n) is 2.37. The second kappa shape index (κ2) is 2.32. The SMILES string of the molecule is CC[C@H]1O[C@]2(C)CC=C[C@H]1O2. The zero-order valence-electron chi connectivity index (χ0n) is 7.04. The highest BCUT2D eigenvalue weighted by atomic mass is 16.8. The van der Waals surface area contributed by atoms with Crippen molar-refractivity contribution < 1.29 is 9.47 Å². The van der Waals surface area contributed by atoms with E-state index < -0.39 is 0 Å². The molecule has 0 unspecified atom stereocenters. The fraction of sp³-hybridized carbons (Fsp3) is 0.778. The van der Waals surface area contributed by atoms with E-state index in [2.05, 4.69) is 19.1 Å². The molecule has 1 saturated heterocycles. The van der Waals surface area contributed by atoms with Crippen LogP contribution in [-0.2, 0) is 9.47 Å². The first-order valence-corrected chi connectivity index (χ1v) is 4.26. The molecule has 0 aromatic carbocycles. The predicted molar refractivity (Wildman–Crippen MR) is 42.2 cm³/mol. The van der Waals surface area contributed by atoms with Gasteiger partial charge in [0.1, 0.15) is 6.10 Å². The summed E-state index contributed by atoms with van der Waals surface area (Å²) in [4.78, 5) is 0. The van der Waals surface area contributed by atoms with Crippen LogP contribution in [0.1, 0.15) is 26.7 Å². The van der Waals surface area contributed by atoms with Crippen LogP contribution < -0.4 is 0 Å². The maximum absolute atomic E-state index is 5.74. The normalized spacial score (nSPS) is 48.2. The molecule has 0 N–H and O–H groups in total. The Morgan fingerprint density at radius 1 is 1.55 bits per heavy atom. The summed E-state index contributed by atoms with van der Waals surface area (Å²) in [5.41, 5.74) is 0. The first kappa shape index (κ1) is 7.32. The Morgan fingerprint density at radius 3 is 3.00 bits per heavy atom. The highest BCUT2D eigenvalue weighted by Gasteiger charge is 2.43. The summed E-state index contributed by atoms with van der Waals surface area (Å²) in [6, 6.07) is 0. The van der Waals surface area contributed by atoms with Crippen molar-refractivity contribution in [3.63, 3.8) is 0 Å². The molecule has 2 heteroatoms. The van der Waals surface area contributed by atoms with Crippen LogP contribution in [0.3, 0.4) is 0 Å². The van der Waals surface area contributed by atoms with Gasteiger partial charge in [0, 0.05) is 6.42 Å². The maximum atomic E-state index is 5.74. The molecule has 1 fully saturated rings. The van der Waals surface area contributed by atoms with Gasteiger partial charge in [-0.3, -0.25) is 0 Å². The molecule has 0 aliphatic carbocycles. The van der Waals surface area contributed by atoms with Crippen molar-refractivity contribution in [2.75, 3.05) is 0 Å². The number of fused-ring (bicyclic) bond motifs is 2. The van der Waals surface area contributed by atoms with Crippen molar-refractivity contribution in [2.45, 2.75) is 44.7 Å². The molecule has 62 valence electrons. The van der Waals surface area contributed by atoms with E-state index in [1.165, 1.54) is 0 Å². The molecule has 3 atom stereocenters. The summed E-state index contributed by atoms with van der Waals surface area (Å²) in [5, 5.41) is 0. The predicted octanol–water partition coefficient (Wildman–Crippen LogP) is 1.86. The lowest BCUT2D eigenvalue weighted by Gasteiger charge is -2.23. The molecule has 2 aliphatic heterocycles. The van der Waals surface area contributed by atoms with E-state index in [9.17, 15) is 0 Å². The van der Waals surface area contributed by atoms with Gasteiger partial charge in [0.25, 0.3) is 0 Å². The quantitative estimate of drug-likeness (QED) is 0.537. The van der Waals surface area contributed by atoms with Gasteiger partial charge in [-0.2, -0.15) is 0 Å². The molecule has 2 aliphatic rings. The number of hydrogen-bond donors (Lipinski definition) is 0. The molecule has 2 heterocycles. The smallest absolute Gasteiger partial charge is 0.170 e. The van der Waals surface area contributed by atoms with E-state index >= 15 is 0 Å². The summed E-state index contributed by atoms with van der Waals surface area (Å²) >= 11 is 0. The Morgan fingerprint density at radius 2 is 2.36 bits per heavy atom. The minimum atomic E-state index is -0.319. The molecule has 0 saturated carbocycles. The van der Waals surface area contributed by atoms with Crippen molar-refractivity contribution in [3.05, 3.63) is 12.2 Å². The van der Waals surface area contributed by atoms with Gasteiger partial charge < -0.3 is 9.47 Å². The van der Waals surface area contributed by atoms with E-state index in [4.69, 9.17) is 9.47 Å². The van der Waals surface area contributed by atoms with E-state index in [0.717, 1.165) is 12.8 Å². The topological polar surface area (TPSA) is 18.5 Å². The minimum Gasteiger partial charge on any atom is -0.344 e. The van der Waals surface area contributed by atoms with E-state index in [1.54, 1.807) is 0 Å². The number of rotatable bonds is 1. The van der Waals surface area contributed by atoms with Crippen molar-refractivity contribution in [1.29, 1.82) is 0 Å². The minimum absolute atomic E-state index is 0.207. The summed E-state index contributed by atoms with van der Waals surface area (Å²) in [6.07, 6.45) is 6.68. The molecule has 2 rings (SSSR count). The zero-order chi connectivity index (χ0) is 7.90. The highest BCUT2D eigenvalue weighted by molar-refractivity contribution is 5.05. The van der Waals surface area contributed by atoms with Gasteiger partial charge in [-0.15, -0.1) is 0 Å². The molecule has 2 bridgehead atoms. The summed E-state index contributed by atoms with van der Waals surface area (Å²) in [7, 11) is 0. The first-order valence-electron chi connectivity index (χ1n) is 4.26. The third-order valence-corrected chi connectivity index (χ3v) is 2.37. The average Bonchev–Trinajstić information content (AvgIpc) is 2.21. The van der Waals surface area contributed by atoms with Gasteiger partial charge in [-0.25, -0.2) is 0 Å². The molecule has 0 radical (unpaired) electrons. The Bertz CT molecular complexity index is 188. The van der Waals surface area contributed by atoms with Gasteiger partial charge in [-0.05, 0) is 13.3 Å². The maximum Gasteiger partial charge on any atom is 0.170 e. The Balaban J connectivity index is 2.19. The van der Waals surface area contributed by atoms with Crippen LogP contribution in [0.4, 0.5) is 0 Å². The largest absolute Gasteiger partial charge is 0.344 e. The monoisotopic (exact) mass is 154 g/mol. The van der Waals surface area contributed by atoms with Crippen LogP contribution in [0.5, 0.6) is 0 Å².